The molecule has 3 rings (SSSR count). The lowest BCUT2D eigenvalue weighted by Crippen LogP contribution is -1.98. The summed E-state index contributed by atoms with van der Waals surface area (Å²) in [6.45, 7) is 0. The topological polar surface area (TPSA) is 62.0 Å². The molecular formula is C19H14N2O2. The van der Waals surface area contributed by atoms with Crippen LogP contribution in [-0.2, 0) is 0 Å². The zero-order valence-corrected chi connectivity index (χ0v) is 12.3. The number of rotatable bonds is 4. The van der Waals surface area contributed by atoms with Gasteiger partial charge in [0, 0.05) is 5.56 Å². The summed E-state index contributed by atoms with van der Waals surface area (Å²) in [5.41, 5.74) is 2.99. The first-order valence-corrected chi connectivity index (χ1v) is 7.14. The monoisotopic (exact) mass is 302 g/mol. The Morgan fingerprint density at radius 3 is 2.04 bits per heavy atom. The third kappa shape index (κ3) is 3.32. The van der Waals surface area contributed by atoms with Crippen LogP contribution >= 0.6 is 0 Å². The minimum absolute atomic E-state index is 0.245. The van der Waals surface area contributed by atoms with E-state index in [1.807, 2.05) is 60.7 Å². The van der Waals surface area contributed by atoms with Crippen LogP contribution < -0.4 is 0 Å². The Hall–Kier alpha value is -3.27. The maximum Gasteiger partial charge on any atom is 0.336 e. The molecule has 0 fully saturated rings. The van der Waals surface area contributed by atoms with Gasteiger partial charge in [0.05, 0.1) is 16.9 Å². The van der Waals surface area contributed by atoms with Gasteiger partial charge in [-0.1, -0.05) is 54.6 Å². The van der Waals surface area contributed by atoms with Gasteiger partial charge < -0.3 is 5.11 Å². The van der Waals surface area contributed by atoms with Gasteiger partial charge in [-0.25, -0.2) is 4.79 Å². The second kappa shape index (κ2) is 6.66. The van der Waals surface area contributed by atoms with Crippen LogP contribution in [0, 0.1) is 0 Å². The smallest absolute Gasteiger partial charge is 0.336 e. The number of aromatic carboxylic acids is 1. The fourth-order valence-electron chi connectivity index (χ4n) is 2.30. The zero-order valence-electron chi connectivity index (χ0n) is 12.3. The summed E-state index contributed by atoms with van der Waals surface area (Å²) in [4.78, 5) is 11.4. The lowest BCUT2D eigenvalue weighted by atomic mass is 9.98. The molecule has 0 bridgehead atoms. The van der Waals surface area contributed by atoms with E-state index in [0.29, 0.717) is 11.3 Å². The molecule has 23 heavy (non-hydrogen) atoms. The highest BCUT2D eigenvalue weighted by Gasteiger charge is 2.13. The summed E-state index contributed by atoms with van der Waals surface area (Å²) in [7, 11) is 0. The van der Waals surface area contributed by atoms with Crippen LogP contribution in [0.1, 0.15) is 10.4 Å². The van der Waals surface area contributed by atoms with Gasteiger partial charge in [0.15, 0.2) is 0 Å². The van der Waals surface area contributed by atoms with E-state index in [4.69, 9.17) is 0 Å². The average molecular weight is 302 g/mol. The second-order valence-corrected chi connectivity index (χ2v) is 4.90. The number of hydrogen-bond donors (Lipinski definition) is 1. The first-order chi connectivity index (χ1) is 11.3. The van der Waals surface area contributed by atoms with Gasteiger partial charge >= 0.3 is 5.97 Å². The van der Waals surface area contributed by atoms with Crippen LogP contribution in [0.5, 0.6) is 0 Å². The number of azo groups is 1. The summed E-state index contributed by atoms with van der Waals surface area (Å²) in [6.07, 6.45) is 0. The molecule has 0 aromatic heterocycles. The van der Waals surface area contributed by atoms with E-state index in [0.717, 1.165) is 11.3 Å². The molecule has 0 saturated heterocycles. The van der Waals surface area contributed by atoms with Crippen molar-refractivity contribution in [1.29, 1.82) is 0 Å². The summed E-state index contributed by atoms with van der Waals surface area (Å²) >= 11 is 0. The number of benzene rings is 3. The SMILES string of the molecule is O=C(O)c1ccccc1-c1ccccc1N=Nc1ccccc1. The van der Waals surface area contributed by atoms with Crippen LogP contribution in [0.3, 0.4) is 0 Å². The Balaban J connectivity index is 2.06. The van der Waals surface area contributed by atoms with Crippen LogP contribution in [-0.4, -0.2) is 11.1 Å². The van der Waals surface area contributed by atoms with Gasteiger partial charge in [-0.15, -0.1) is 5.11 Å². The van der Waals surface area contributed by atoms with Gasteiger partial charge in [0.1, 0.15) is 0 Å². The molecule has 0 saturated carbocycles. The Morgan fingerprint density at radius 1 is 0.696 bits per heavy atom. The lowest BCUT2D eigenvalue weighted by Gasteiger charge is -2.08. The van der Waals surface area contributed by atoms with Crippen LogP contribution in [0.2, 0.25) is 0 Å². The van der Waals surface area contributed by atoms with Crippen molar-refractivity contribution in [1.82, 2.24) is 0 Å². The quantitative estimate of drug-likeness (QED) is 0.650. The molecule has 0 atom stereocenters. The van der Waals surface area contributed by atoms with E-state index in [1.165, 1.54) is 0 Å². The zero-order chi connectivity index (χ0) is 16.1. The average Bonchev–Trinajstić information content (AvgIpc) is 2.61. The van der Waals surface area contributed by atoms with E-state index in [1.54, 1.807) is 18.2 Å². The largest absolute Gasteiger partial charge is 0.478 e. The van der Waals surface area contributed by atoms with Crippen LogP contribution in [0.25, 0.3) is 11.1 Å². The molecule has 1 N–H and O–H groups in total. The summed E-state index contributed by atoms with van der Waals surface area (Å²) in [6, 6.07) is 23.7. The van der Waals surface area contributed by atoms with E-state index in [2.05, 4.69) is 10.2 Å². The van der Waals surface area contributed by atoms with Crippen LogP contribution in [0.4, 0.5) is 11.4 Å². The molecular weight excluding hydrogens is 288 g/mol. The molecule has 0 heterocycles. The Morgan fingerprint density at radius 2 is 1.30 bits per heavy atom. The Labute approximate surface area is 133 Å². The summed E-state index contributed by atoms with van der Waals surface area (Å²) in [5.74, 6) is -0.963. The molecule has 3 aromatic rings. The predicted molar refractivity (Wildman–Crippen MR) is 89.5 cm³/mol. The standard InChI is InChI=1S/C19H14N2O2/c22-19(23)17-12-5-4-10-15(17)16-11-6-7-13-18(16)21-20-14-8-2-1-3-9-14/h1-13H,(H,22,23). The minimum atomic E-state index is -0.963. The highest BCUT2D eigenvalue weighted by atomic mass is 16.4. The van der Waals surface area contributed by atoms with Crippen molar-refractivity contribution in [3.05, 3.63) is 84.4 Å². The number of carboxylic acids is 1. The molecule has 0 aliphatic heterocycles. The normalized spacial score (nSPS) is 10.8. The van der Waals surface area contributed by atoms with Crippen molar-refractivity contribution in [3.8, 4) is 11.1 Å². The van der Waals surface area contributed by atoms with Crippen molar-refractivity contribution in [2.75, 3.05) is 0 Å². The second-order valence-electron chi connectivity index (χ2n) is 4.90. The van der Waals surface area contributed by atoms with Crippen molar-refractivity contribution in [3.63, 3.8) is 0 Å². The number of nitrogens with zero attached hydrogens (tertiary/aromatic N) is 2. The van der Waals surface area contributed by atoms with Gasteiger partial charge in [-0.2, -0.15) is 5.11 Å². The molecule has 0 radical (unpaired) electrons. The third-order valence-corrected chi connectivity index (χ3v) is 3.38. The third-order valence-electron chi connectivity index (χ3n) is 3.38. The maximum absolute atomic E-state index is 11.4. The highest BCUT2D eigenvalue weighted by Crippen LogP contribution is 2.33. The molecule has 4 heteroatoms. The van der Waals surface area contributed by atoms with Gasteiger partial charge in [0.2, 0.25) is 0 Å². The van der Waals surface area contributed by atoms with E-state index >= 15 is 0 Å². The lowest BCUT2D eigenvalue weighted by molar-refractivity contribution is 0.0698. The first kappa shape index (κ1) is 14.7. The Kier molecular flexibility index (Phi) is 4.25. The summed E-state index contributed by atoms with van der Waals surface area (Å²) < 4.78 is 0. The fourth-order valence-corrected chi connectivity index (χ4v) is 2.30. The van der Waals surface area contributed by atoms with Crippen molar-refractivity contribution in [2.45, 2.75) is 0 Å². The van der Waals surface area contributed by atoms with Crippen molar-refractivity contribution in [2.24, 2.45) is 10.2 Å². The fraction of sp³-hybridized carbons (Fsp3) is 0. The number of carbonyl (C=O) groups is 1. The maximum atomic E-state index is 11.4. The number of carboxylic acid groups (broad SMARTS) is 1. The molecule has 4 nitrogen and oxygen atoms in total. The Bertz CT molecular complexity index is 858. The van der Waals surface area contributed by atoms with Gasteiger partial charge in [0.25, 0.3) is 0 Å². The molecule has 0 aliphatic carbocycles. The van der Waals surface area contributed by atoms with Crippen molar-refractivity contribution >= 4 is 17.3 Å². The highest BCUT2D eigenvalue weighted by molar-refractivity contribution is 5.97. The molecule has 0 unspecified atom stereocenters. The molecule has 0 aliphatic rings. The van der Waals surface area contributed by atoms with Gasteiger partial charge in [-0.05, 0) is 29.8 Å². The summed E-state index contributed by atoms with van der Waals surface area (Å²) in [5, 5.41) is 17.9. The molecule has 112 valence electrons. The van der Waals surface area contributed by atoms with Gasteiger partial charge in [-0.3, -0.25) is 0 Å². The van der Waals surface area contributed by atoms with Crippen molar-refractivity contribution < 1.29 is 9.90 Å². The minimum Gasteiger partial charge on any atom is -0.478 e. The predicted octanol–water partition coefficient (Wildman–Crippen LogP) is 5.47. The van der Waals surface area contributed by atoms with Crippen LogP contribution in [0.15, 0.2) is 89.1 Å². The van der Waals surface area contributed by atoms with E-state index in [9.17, 15) is 9.90 Å². The molecule has 0 amide bonds. The number of hydrogen-bond acceptors (Lipinski definition) is 3. The first-order valence-electron chi connectivity index (χ1n) is 7.14. The van der Waals surface area contributed by atoms with E-state index in [-0.39, 0.29) is 5.56 Å². The molecule has 3 aromatic carbocycles. The van der Waals surface area contributed by atoms with E-state index < -0.39 is 5.97 Å². The molecule has 0 spiro atoms.